The van der Waals surface area contributed by atoms with Gasteiger partial charge in [0.05, 0.1) is 22.2 Å². The molecule has 1 heterocycles. The lowest BCUT2D eigenvalue weighted by molar-refractivity contribution is 0.212. The second-order valence-corrected chi connectivity index (χ2v) is 4.84. The van der Waals surface area contributed by atoms with Gasteiger partial charge in [-0.25, -0.2) is 4.98 Å². The molecule has 0 amide bonds. The van der Waals surface area contributed by atoms with Crippen molar-refractivity contribution in [1.29, 1.82) is 5.26 Å². The number of rotatable bonds is 2. The molecule has 0 unspecified atom stereocenters. The summed E-state index contributed by atoms with van der Waals surface area (Å²) < 4.78 is 0. The Morgan fingerprint density at radius 3 is 2.85 bits per heavy atom. The predicted molar refractivity (Wildman–Crippen MR) is 52.5 cm³/mol. The predicted octanol–water partition coefficient (Wildman–Crippen LogP) is 2.69. The zero-order chi connectivity index (χ0) is 9.31. The molecule has 1 saturated carbocycles. The smallest absolute Gasteiger partial charge is 0.0897 e. The molecule has 1 aliphatic rings. The Bertz CT molecular complexity index is 344. The first-order valence-electron chi connectivity index (χ1n) is 4.56. The number of aromatic nitrogens is 1. The van der Waals surface area contributed by atoms with Crippen LogP contribution in [0.5, 0.6) is 0 Å². The van der Waals surface area contributed by atoms with Crippen LogP contribution in [0.2, 0.25) is 0 Å². The highest BCUT2D eigenvalue weighted by Gasteiger charge is 2.37. The van der Waals surface area contributed by atoms with Crippen LogP contribution in [-0.2, 0) is 6.42 Å². The van der Waals surface area contributed by atoms with E-state index in [1.807, 2.05) is 6.92 Å². The fraction of sp³-hybridized carbons (Fsp3) is 0.600. The molecule has 0 aromatic carbocycles. The minimum Gasteiger partial charge on any atom is -0.247 e. The van der Waals surface area contributed by atoms with Gasteiger partial charge in [-0.2, -0.15) is 5.26 Å². The number of hydrogen-bond donors (Lipinski definition) is 0. The second-order valence-electron chi connectivity index (χ2n) is 3.78. The average molecular weight is 192 g/mol. The van der Waals surface area contributed by atoms with Gasteiger partial charge in [-0.05, 0) is 19.8 Å². The largest absolute Gasteiger partial charge is 0.247 e. The van der Waals surface area contributed by atoms with Gasteiger partial charge >= 0.3 is 0 Å². The highest BCUT2D eigenvalue weighted by atomic mass is 32.1. The Balaban J connectivity index is 2.09. The van der Waals surface area contributed by atoms with Crippen LogP contribution >= 0.6 is 11.3 Å². The monoisotopic (exact) mass is 192 g/mol. The van der Waals surface area contributed by atoms with Crippen LogP contribution in [0.25, 0.3) is 0 Å². The van der Waals surface area contributed by atoms with Crippen molar-refractivity contribution in [2.45, 2.75) is 32.6 Å². The number of aryl methyl sites for hydroxylation is 1. The van der Waals surface area contributed by atoms with E-state index in [0.29, 0.717) is 0 Å². The fourth-order valence-corrected chi connectivity index (χ4v) is 2.38. The summed E-state index contributed by atoms with van der Waals surface area (Å²) in [5, 5.41) is 12.2. The molecule has 0 aliphatic heterocycles. The maximum absolute atomic E-state index is 9.03. The van der Waals surface area contributed by atoms with Gasteiger partial charge in [-0.15, -0.1) is 11.3 Å². The van der Waals surface area contributed by atoms with Crippen LogP contribution in [0.4, 0.5) is 0 Å². The van der Waals surface area contributed by atoms with Crippen molar-refractivity contribution >= 4 is 11.3 Å². The van der Waals surface area contributed by atoms with Crippen molar-refractivity contribution in [2.75, 3.05) is 0 Å². The molecule has 68 valence electrons. The maximum Gasteiger partial charge on any atom is 0.0897 e. The number of nitriles is 1. The molecule has 0 bridgehead atoms. The van der Waals surface area contributed by atoms with Crippen LogP contribution in [0.3, 0.4) is 0 Å². The van der Waals surface area contributed by atoms with E-state index in [0.717, 1.165) is 30.0 Å². The SMILES string of the molecule is Cc1nc(CC2(C#N)CCC2)cs1. The Hall–Kier alpha value is -0.880. The molecule has 0 radical (unpaired) electrons. The molecule has 1 fully saturated rings. The van der Waals surface area contributed by atoms with Gasteiger partial charge in [0.25, 0.3) is 0 Å². The fourth-order valence-electron chi connectivity index (χ4n) is 1.77. The summed E-state index contributed by atoms with van der Waals surface area (Å²) >= 11 is 1.67. The molecular formula is C10H12N2S. The van der Waals surface area contributed by atoms with Gasteiger partial charge in [0.2, 0.25) is 0 Å². The summed E-state index contributed by atoms with van der Waals surface area (Å²) in [6.07, 6.45) is 4.17. The second kappa shape index (κ2) is 3.12. The first-order valence-corrected chi connectivity index (χ1v) is 5.44. The van der Waals surface area contributed by atoms with Gasteiger partial charge in [0, 0.05) is 11.8 Å². The summed E-state index contributed by atoms with van der Waals surface area (Å²) in [5.74, 6) is 0. The normalized spacial score (nSPS) is 19.1. The molecule has 0 atom stereocenters. The van der Waals surface area contributed by atoms with Gasteiger partial charge in [-0.1, -0.05) is 6.42 Å². The van der Waals surface area contributed by atoms with Gasteiger partial charge in [-0.3, -0.25) is 0 Å². The molecule has 1 aromatic rings. The molecule has 0 saturated heterocycles. The Morgan fingerprint density at radius 2 is 2.46 bits per heavy atom. The molecule has 1 aliphatic carbocycles. The van der Waals surface area contributed by atoms with E-state index in [2.05, 4.69) is 16.4 Å². The number of hydrogen-bond acceptors (Lipinski definition) is 3. The lowest BCUT2D eigenvalue weighted by Crippen LogP contribution is -2.29. The van der Waals surface area contributed by atoms with E-state index in [-0.39, 0.29) is 5.41 Å². The highest BCUT2D eigenvalue weighted by molar-refractivity contribution is 7.09. The first-order chi connectivity index (χ1) is 6.24. The van der Waals surface area contributed by atoms with Crippen LogP contribution in [-0.4, -0.2) is 4.98 Å². The maximum atomic E-state index is 9.03. The number of nitrogens with zero attached hydrogens (tertiary/aromatic N) is 2. The summed E-state index contributed by atoms with van der Waals surface area (Å²) in [6.45, 7) is 2.01. The van der Waals surface area contributed by atoms with Gasteiger partial charge < -0.3 is 0 Å². The lowest BCUT2D eigenvalue weighted by Gasteiger charge is -2.34. The quantitative estimate of drug-likeness (QED) is 0.722. The van der Waals surface area contributed by atoms with Crippen LogP contribution in [0, 0.1) is 23.7 Å². The summed E-state index contributed by atoms with van der Waals surface area (Å²) in [4.78, 5) is 4.39. The minimum atomic E-state index is -0.0689. The van der Waals surface area contributed by atoms with Crippen LogP contribution in [0.1, 0.15) is 30.0 Å². The third kappa shape index (κ3) is 1.59. The molecule has 2 rings (SSSR count). The number of thiazole rings is 1. The van der Waals surface area contributed by atoms with Crippen molar-refractivity contribution in [3.05, 3.63) is 16.1 Å². The van der Waals surface area contributed by atoms with Crippen LogP contribution in [0.15, 0.2) is 5.38 Å². The van der Waals surface area contributed by atoms with Crippen molar-refractivity contribution in [1.82, 2.24) is 4.98 Å². The van der Waals surface area contributed by atoms with Gasteiger partial charge in [0.1, 0.15) is 0 Å². The van der Waals surface area contributed by atoms with Crippen molar-refractivity contribution in [3.8, 4) is 6.07 Å². The molecule has 13 heavy (non-hydrogen) atoms. The van der Waals surface area contributed by atoms with Crippen LogP contribution < -0.4 is 0 Å². The zero-order valence-corrected chi connectivity index (χ0v) is 8.52. The molecule has 0 N–H and O–H groups in total. The third-order valence-corrected chi connectivity index (χ3v) is 3.56. The van der Waals surface area contributed by atoms with E-state index in [1.54, 1.807) is 11.3 Å². The molecular weight excluding hydrogens is 180 g/mol. The van der Waals surface area contributed by atoms with Crippen molar-refractivity contribution < 1.29 is 0 Å². The average Bonchev–Trinajstić information content (AvgIpc) is 2.44. The molecule has 0 spiro atoms. The van der Waals surface area contributed by atoms with Crippen molar-refractivity contribution in [2.24, 2.45) is 5.41 Å². The Morgan fingerprint density at radius 1 is 1.69 bits per heavy atom. The van der Waals surface area contributed by atoms with E-state index in [1.165, 1.54) is 6.42 Å². The standard InChI is InChI=1S/C10H12N2S/c1-8-12-9(6-13-8)5-10(7-11)3-2-4-10/h6H,2-5H2,1H3. The van der Waals surface area contributed by atoms with E-state index in [4.69, 9.17) is 5.26 Å². The van der Waals surface area contributed by atoms with E-state index < -0.39 is 0 Å². The Kier molecular flexibility index (Phi) is 2.09. The lowest BCUT2D eigenvalue weighted by atomic mass is 9.67. The van der Waals surface area contributed by atoms with Gasteiger partial charge in [0.15, 0.2) is 0 Å². The minimum absolute atomic E-state index is 0.0689. The Labute approximate surface area is 82.2 Å². The van der Waals surface area contributed by atoms with E-state index >= 15 is 0 Å². The summed E-state index contributed by atoms with van der Waals surface area (Å²) in [6, 6.07) is 2.44. The topological polar surface area (TPSA) is 36.7 Å². The molecule has 3 heteroatoms. The first kappa shape index (κ1) is 8.71. The molecule has 1 aromatic heterocycles. The molecule has 2 nitrogen and oxygen atoms in total. The van der Waals surface area contributed by atoms with Crippen molar-refractivity contribution in [3.63, 3.8) is 0 Å². The zero-order valence-electron chi connectivity index (χ0n) is 7.71. The summed E-state index contributed by atoms with van der Waals surface area (Å²) in [7, 11) is 0. The van der Waals surface area contributed by atoms with E-state index in [9.17, 15) is 0 Å². The third-order valence-electron chi connectivity index (χ3n) is 2.73. The summed E-state index contributed by atoms with van der Waals surface area (Å²) in [5.41, 5.74) is 1.03. The highest BCUT2D eigenvalue weighted by Crippen LogP contribution is 2.42.